The molecule has 1 heterocycles. The molecule has 0 saturated carbocycles. The molecule has 0 aliphatic rings. The Morgan fingerprint density at radius 1 is 1.00 bits per heavy atom. The maximum atomic E-state index is 12.7. The molecule has 3 aromatic rings. The van der Waals surface area contributed by atoms with Crippen molar-refractivity contribution in [1.29, 1.82) is 0 Å². The van der Waals surface area contributed by atoms with E-state index in [1.54, 1.807) is 31.4 Å². The maximum Gasteiger partial charge on any atom is 0.416 e. The fourth-order valence-electron chi connectivity index (χ4n) is 2.30. The zero-order chi connectivity index (χ0) is 20.1. The van der Waals surface area contributed by atoms with Crippen molar-refractivity contribution in [1.82, 2.24) is 9.97 Å². The summed E-state index contributed by atoms with van der Waals surface area (Å²) in [5.41, 5.74) is -0.119. The van der Waals surface area contributed by atoms with E-state index in [-0.39, 0.29) is 11.4 Å². The van der Waals surface area contributed by atoms with Crippen molar-refractivity contribution in [3.05, 3.63) is 72.2 Å². The van der Waals surface area contributed by atoms with E-state index >= 15 is 0 Å². The van der Waals surface area contributed by atoms with Crippen LogP contribution in [0.1, 0.15) is 16.1 Å². The lowest BCUT2D eigenvalue weighted by molar-refractivity contribution is -0.137. The van der Waals surface area contributed by atoms with Crippen LogP contribution in [0, 0.1) is 0 Å². The molecule has 0 spiro atoms. The molecular weight excluding hydrogens is 373 g/mol. The van der Waals surface area contributed by atoms with Gasteiger partial charge in [0, 0.05) is 11.4 Å². The van der Waals surface area contributed by atoms with E-state index in [9.17, 15) is 18.0 Å². The molecule has 0 unspecified atom stereocenters. The Morgan fingerprint density at radius 3 is 2.36 bits per heavy atom. The van der Waals surface area contributed by atoms with E-state index < -0.39 is 17.6 Å². The van der Waals surface area contributed by atoms with Gasteiger partial charge in [0.05, 0.1) is 25.1 Å². The highest BCUT2D eigenvalue weighted by Crippen LogP contribution is 2.30. The van der Waals surface area contributed by atoms with Crippen molar-refractivity contribution >= 4 is 23.1 Å². The molecule has 1 amide bonds. The molecule has 144 valence electrons. The number of alkyl halides is 3. The third kappa shape index (κ3) is 4.76. The van der Waals surface area contributed by atoms with Gasteiger partial charge in [0.2, 0.25) is 0 Å². The van der Waals surface area contributed by atoms with Gasteiger partial charge in [-0.15, -0.1) is 0 Å². The number of aromatic nitrogens is 2. The SMILES string of the molecule is COc1ccc(Nc2cnc(C(=O)Nc3cccc(C(F)(F)F)c3)cn2)cc1. The molecule has 28 heavy (non-hydrogen) atoms. The van der Waals surface area contributed by atoms with Crippen molar-refractivity contribution in [3.63, 3.8) is 0 Å². The van der Waals surface area contributed by atoms with E-state index in [1.165, 1.54) is 24.5 Å². The van der Waals surface area contributed by atoms with Gasteiger partial charge in [0.15, 0.2) is 0 Å². The minimum absolute atomic E-state index is 0.0158. The predicted octanol–water partition coefficient (Wildman–Crippen LogP) is 4.50. The van der Waals surface area contributed by atoms with Crippen molar-refractivity contribution in [2.75, 3.05) is 17.7 Å². The van der Waals surface area contributed by atoms with Gasteiger partial charge in [-0.3, -0.25) is 4.79 Å². The van der Waals surface area contributed by atoms with Crippen LogP contribution in [0.3, 0.4) is 0 Å². The first-order valence-electron chi connectivity index (χ1n) is 8.07. The smallest absolute Gasteiger partial charge is 0.416 e. The van der Waals surface area contributed by atoms with Crippen LogP contribution in [0.25, 0.3) is 0 Å². The fraction of sp³-hybridized carbons (Fsp3) is 0.105. The van der Waals surface area contributed by atoms with Gasteiger partial charge >= 0.3 is 6.18 Å². The number of hydrogen-bond donors (Lipinski definition) is 2. The number of nitrogens with one attached hydrogen (secondary N) is 2. The Balaban J connectivity index is 1.66. The highest BCUT2D eigenvalue weighted by molar-refractivity contribution is 6.02. The van der Waals surface area contributed by atoms with E-state index in [2.05, 4.69) is 20.6 Å². The second-order valence-electron chi connectivity index (χ2n) is 5.67. The summed E-state index contributed by atoms with van der Waals surface area (Å²) < 4.78 is 43.3. The summed E-state index contributed by atoms with van der Waals surface area (Å²) in [7, 11) is 1.57. The zero-order valence-electron chi connectivity index (χ0n) is 14.6. The second-order valence-corrected chi connectivity index (χ2v) is 5.67. The number of benzene rings is 2. The van der Waals surface area contributed by atoms with E-state index in [1.807, 2.05) is 0 Å². The molecule has 2 N–H and O–H groups in total. The topological polar surface area (TPSA) is 76.1 Å². The van der Waals surface area contributed by atoms with Crippen molar-refractivity contribution < 1.29 is 22.7 Å². The lowest BCUT2D eigenvalue weighted by Gasteiger charge is -2.10. The summed E-state index contributed by atoms with van der Waals surface area (Å²) in [4.78, 5) is 20.3. The van der Waals surface area contributed by atoms with E-state index in [0.29, 0.717) is 11.6 Å². The third-order valence-corrected chi connectivity index (χ3v) is 3.69. The number of hydrogen-bond acceptors (Lipinski definition) is 5. The van der Waals surface area contributed by atoms with Gasteiger partial charge in [-0.2, -0.15) is 13.2 Å². The number of rotatable bonds is 5. The molecule has 9 heteroatoms. The minimum atomic E-state index is -4.49. The Morgan fingerprint density at radius 2 is 1.75 bits per heavy atom. The average Bonchev–Trinajstić information content (AvgIpc) is 2.69. The largest absolute Gasteiger partial charge is 0.497 e. The summed E-state index contributed by atoms with van der Waals surface area (Å²) in [6.45, 7) is 0. The number of amides is 1. The van der Waals surface area contributed by atoms with Gasteiger partial charge in [-0.25, -0.2) is 9.97 Å². The van der Waals surface area contributed by atoms with E-state index in [0.717, 1.165) is 17.8 Å². The Labute approximate surface area is 158 Å². The molecule has 0 radical (unpaired) electrons. The molecule has 0 saturated heterocycles. The minimum Gasteiger partial charge on any atom is -0.497 e. The van der Waals surface area contributed by atoms with Crippen LogP contribution < -0.4 is 15.4 Å². The first-order chi connectivity index (χ1) is 13.3. The number of carbonyl (C=O) groups excluding carboxylic acids is 1. The average molecular weight is 388 g/mol. The van der Waals surface area contributed by atoms with Gasteiger partial charge in [0.1, 0.15) is 17.3 Å². The molecule has 0 bridgehead atoms. The van der Waals surface area contributed by atoms with Crippen molar-refractivity contribution in [2.24, 2.45) is 0 Å². The summed E-state index contributed by atoms with van der Waals surface area (Å²) in [6.07, 6.45) is -1.91. The lowest BCUT2D eigenvalue weighted by Crippen LogP contribution is -2.15. The maximum absolute atomic E-state index is 12.7. The van der Waals surface area contributed by atoms with Crippen LogP contribution in [0.4, 0.5) is 30.4 Å². The summed E-state index contributed by atoms with van der Waals surface area (Å²) in [5, 5.41) is 5.39. The molecule has 2 aromatic carbocycles. The third-order valence-electron chi connectivity index (χ3n) is 3.69. The lowest BCUT2D eigenvalue weighted by atomic mass is 10.2. The standard InChI is InChI=1S/C19H15F3N4O2/c1-28-15-7-5-13(6-8-15)25-17-11-23-16(10-24-17)18(27)26-14-4-2-3-12(9-14)19(20,21)22/h2-11H,1H3,(H,24,25)(H,26,27). The van der Waals surface area contributed by atoms with Crippen LogP contribution in [0.2, 0.25) is 0 Å². The quantitative estimate of drug-likeness (QED) is 0.673. The molecule has 0 fully saturated rings. The summed E-state index contributed by atoms with van der Waals surface area (Å²) in [5.74, 6) is 0.446. The van der Waals surface area contributed by atoms with Crippen LogP contribution in [0.5, 0.6) is 5.75 Å². The number of halogens is 3. The Hall–Kier alpha value is -3.62. The fourth-order valence-corrected chi connectivity index (χ4v) is 2.30. The summed E-state index contributed by atoms with van der Waals surface area (Å²) in [6, 6.07) is 11.5. The molecular formula is C19H15F3N4O2. The zero-order valence-corrected chi connectivity index (χ0v) is 14.6. The molecule has 0 aliphatic heterocycles. The highest BCUT2D eigenvalue weighted by atomic mass is 19.4. The van der Waals surface area contributed by atoms with Crippen molar-refractivity contribution in [3.8, 4) is 5.75 Å². The Bertz CT molecular complexity index is 958. The number of ether oxygens (including phenoxy) is 1. The number of methoxy groups -OCH3 is 1. The number of carbonyl (C=O) groups is 1. The molecule has 3 rings (SSSR count). The van der Waals surface area contributed by atoms with Gasteiger partial charge < -0.3 is 15.4 Å². The molecule has 1 aromatic heterocycles. The first kappa shape index (κ1) is 19.2. The van der Waals surface area contributed by atoms with Crippen molar-refractivity contribution in [2.45, 2.75) is 6.18 Å². The van der Waals surface area contributed by atoms with Gasteiger partial charge in [-0.1, -0.05) is 6.07 Å². The number of nitrogens with zero attached hydrogens (tertiary/aromatic N) is 2. The van der Waals surface area contributed by atoms with E-state index in [4.69, 9.17) is 4.74 Å². The van der Waals surface area contributed by atoms with Crippen LogP contribution in [-0.4, -0.2) is 23.0 Å². The monoisotopic (exact) mass is 388 g/mol. The van der Waals surface area contributed by atoms with Gasteiger partial charge in [0.25, 0.3) is 5.91 Å². The van der Waals surface area contributed by atoms with Crippen LogP contribution in [0.15, 0.2) is 60.9 Å². The molecule has 0 atom stereocenters. The Kier molecular flexibility index (Phi) is 5.44. The first-order valence-corrected chi connectivity index (χ1v) is 8.07. The highest BCUT2D eigenvalue weighted by Gasteiger charge is 2.30. The summed E-state index contributed by atoms with van der Waals surface area (Å²) >= 11 is 0. The van der Waals surface area contributed by atoms with Gasteiger partial charge in [-0.05, 0) is 42.5 Å². The number of anilines is 3. The molecule has 0 aliphatic carbocycles. The normalized spacial score (nSPS) is 11.0. The van der Waals surface area contributed by atoms with Crippen LogP contribution in [-0.2, 0) is 6.18 Å². The second kappa shape index (κ2) is 7.95. The molecule has 6 nitrogen and oxygen atoms in total. The van der Waals surface area contributed by atoms with Crippen LogP contribution >= 0.6 is 0 Å². The predicted molar refractivity (Wildman–Crippen MR) is 97.7 cm³/mol.